The van der Waals surface area contributed by atoms with E-state index in [9.17, 15) is 0 Å². The molecule has 0 radical (unpaired) electrons. The Kier molecular flexibility index (Phi) is 5.53. The highest BCUT2D eigenvalue weighted by atomic mass is 16.5. The monoisotopic (exact) mass is 288 g/mol. The maximum absolute atomic E-state index is 5.63. The van der Waals surface area contributed by atoms with Crippen molar-refractivity contribution >= 4 is 6.34 Å². The van der Waals surface area contributed by atoms with Crippen LogP contribution in [0.5, 0.6) is 5.75 Å². The van der Waals surface area contributed by atoms with Gasteiger partial charge in [0.05, 0.1) is 20.2 Å². The van der Waals surface area contributed by atoms with E-state index in [4.69, 9.17) is 10.5 Å². The summed E-state index contributed by atoms with van der Waals surface area (Å²) in [5.41, 5.74) is 8.06. The third-order valence-electron chi connectivity index (χ3n) is 3.85. The molecule has 2 rings (SSSR count). The Morgan fingerprint density at radius 1 is 1.24 bits per heavy atom. The van der Waals surface area contributed by atoms with Crippen LogP contribution in [0.15, 0.2) is 41.2 Å². The summed E-state index contributed by atoms with van der Waals surface area (Å²) >= 11 is 0. The summed E-state index contributed by atoms with van der Waals surface area (Å²) in [7, 11) is 1.71. The minimum absolute atomic E-state index is 0.658. The van der Waals surface area contributed by atoms with Gasteiger partial charge in [0, 0.05) is 12.8 Å². The number of methoxy groups -OCH3 is 1. The molecule has 1 aliphatic heterocycles. The average molecular weight is 288 g/mol. The maximum Gasteiger partial charge on any atom is 0.195 e. The van der Waals surface area contributed by atoms with Gasteiger partial charge in [0.1, 0.15) is 17.6 Å². The van der Waals surface area contributed by atoms with E-state index in [1.165, 1.54) is 5.56 Å². The zero-order valence-corrected chi connectivity index (χ0v) is 13.1. The first kappa shape index (κ1) is 15.7. The lowest BCUT2D eigenvalue weighted by Gasteiger charge is -2.27. The molecule has 114 valence electrons. The topological polar surface area (TPSA) is 47.6 Å². The number of aliphatic imine (C=N–C) groups is 1. The van der Waals surface area contributed by atoms with Crippen molar-refractivity contribution < 1.29 is 9.22 Å². The van der Waals surface area contributed by atoms with Gasteiger partial charge in [-0.2, -0.15) is 0 Å². The minimum Gasteiger partial charge on any atom is -0.497 e. The first-order chi connectivity index (χ1) is 10.2. The van der Waals surface area contributed by atoms with Gasteiger partial charge in [0.15, 0.2) is 6.34 Å². The third kappa shape index (κ3) is 4.16. The molecule has 0 aromatic heterocycles. The zero-order chi connectivity index (χ0) is 15.1. The van der Waals surface area contributed by atoms with Gasteiger partial charge in [-0.15, -0.1) is 0 Å². The first-order valence-electron chi connectivity index (χ1n) is 7.68. The molecule has 1 atom stereocenters. The molecular formula is C17H26N3O+. The number of benzene rings is 1. The van der Waals surface area contributed by atoms with Crippen LogP contribution in [0.3, 0.4) is 0 Å². The molecule has 0 amide bonds. The Hall–Kier alpha value is -1.65. The van der Waals surface area contributed by atoms with E-state index >= 15 is 0 Å². The largest absolute Gasteiger partial charge is 0.497 e. The van der Waals surface area contributed by atoms with E-state index in [0.29, 0.717) is 6.54 Å². The minimum atomic E-state index is 0.658. The second-order valence-corrected chi connectivity index (χ2v) is 5.56. The molecule has 4 heteroatoms. The fourth-order valence-electron chi connectivity index (χ4n) is 2.77. The highest BCUT2D eigenvalue weighted by molar-refractivity contribution is 5.53. The Morgan fingerprint density at radius 3 is 2.81 bits per heavy atom. The van der Waals surface area contributed by atoms with Crippen molar-refractivity contribution in [3.05, 3.63) is 41.7 Å². The van der Waals surface area contributed by atoms with Gasteiger partial charge in [-0.05, 0) is 30.7 Å². The number of hydrogen-bond donors (Lipinski definition) is 1. The lowest BCUT2D eigenvalue weighted by atomic mass is 10.1. The van der Waals surface area contributed by atoms with Gasteiger partial charge in [-0.25, -0.2) is 4.99 Å². The summed E-state index contributed by atoms with van der Waals surface area (Å²) < 4.78 is 6.13. The third-order valence-corrected chi connectivity index (χ3v) is 3.85. The predicted octanol–water partition coefficient (Wildman–Crippen LogP) is 2.70. The van der Waals surface area contributed by atoms with Crippen LogP contribution in [0.4, 0.5) is 0 Å². The van der Waals surface area contributed by atoms with Crippen LogP contribution in [-0.2, 0) is 6.42 Å². The van der Waals surface area contributed by atoms with Crippen molar-refractivity contribution in [3.63, 3.8) is 0 Å². The molecule has 0 fully saturated rings. The van der Waals surface area contributed by atoms with Gasteiger partial charge in [-0.1, -0.05) is 19.1 Å². The fraction of sp³-hybridized carbons (Fsp3) is 0.471. The molecule has 1 heterocycles. The van der Waals surface area contributed by atoms with Crippen molar-refractivity contribution in [2.45, 2.75) is 26.2 Å². The first-order valence-corrected chi connectivity index (χ1v) is 7.68. The quantitative estimate of drug-likeness (QED) is 0.748. The Labute approximate surface area is 127 Å². The van der Waals surface area contributed by atoms with Crippen LogP contribution in [0.1, 0.15) is 25.3 Å². The van der Waals surface area contributed by atoms with Crippen molar-refractivity contribution in [1.29, 1.82) is 0 Å². The Bertz CT molecular complexity index is 525. The summed E-state index contributed by atoms with van der Waals surface area (Å²) in [6, 6.07) is 8.30. The molecule has 1 aromatic carbocycles. The predicted molar refractivity (Wildman–Crippen MR) is 87.2 cm³/mol. The molecule has 2 N–H and O–H groups in total. The van der Waals surface area contributed by atoms with Crippen LogP contribution in [-0.4, -0.2) is 37.6 Å². The average Bonchev–Trinajstić information content (AvgIpc) is 2.90. The summed E-state index contributed by atoms with van der Waals surface area (Å²) in [6.07, 6.45) is 7.36. The number of nitrogens with zero attached hydrogens (tertiary/aromatic N) is 2. The van der Waals surface area contributed by atoms with Crippen molar-refractivity contribution in [2.75, 3.05) is 26.7 Å². The van der Waals surface area contributed by atoms with E-state index in [1.807, 2.05) is 12.1 Å². The Morgan fingerprint density at radius 2 is 2.10 bits per heavy atom. The Balaban J connectivity index is 2.05. The van der Waals surface area contributed by atoms with Crippen LogP contribution >= 0.6 is 0 Å². The molecule has 4 nitrogen and oxygen atoms in total. The van der Waals surface area contributed by atoms with E-state index < -0.39 is 0 Å². The molecule has 0 aliphatic carbocycles. The van der Waals surface area contributed by atoms with Crippen LogP contribution < -0.4 is 10.5 Å². The van der Waals surface area contributed by atoms with Crippen molar-refractivity contribution in [3.8, 4) is 5.75 Å². The van der Waals surface area contributed by atoms with Gasteiger partial charge in [0.2, 0.25) is 0 Å². The molecule has 0 saturated heterocycles. The van der Waals surface area contributed by atoms with E-state index in [-0.39, 0.29) is 0 Å². The molecule has 0 bridgehead atoms. The van der Waals surface area contributed by atoms with Crippen LogP contribution in [0, 0.1) is 0 Å². The van der Waals surface area contributed by atoms with Crippen LogP contribution in [0.25, 0.3) is 0 Å². The van der Waals surface area contributed by atoms with Crippen LogP contribution in [0.2, 0.25) is 0 Å². The number of quaternary nitrogens is 1. The van der Waals surface area contributed by atoms with Gasteiger partial charge in [0.25, 0.3) is 0 Å². The smallest absolute Gasteiger partial charge is 0.195 e. The van der Waals surface area contributed by atoms with E-state index in [0.717, 1.165) is 48.3 Å². The molecule has 0 saturated carbocycles. The van der Waals surface area contributed by atoms with Gasteiger partial charge >= 0.3 is 0 Å². The number of nitrogens with two attached hydrogens (primary N) is 1. The van der Waals surface area contributed by atoms with E-state index in [2.05, 4.69) is 36.6 Å². The summed E-state index contributed by atoms with van der Waals surface area (Å²) in [5.74, 6) is 0.920. The second-order valence-electron chi connectivity index (χ2n) is 5.56. The van der Waals surface area contributed by atoms with Crippen molar-refractivity contribution in [2.24, 2.45) is 10.7 Å². The van der Waals surface area contributed by atoms with Crippen molar-refractivity contribution in [1.82, 2.24) is 0 Å². The lowest BCUT2D eigenvalue weighted by molar-refractivity contribution is -0.779. The number of hydrogen-bond acceptors (Lipinski definition) is 3. The van der Waals surface area contributed by atoms with Gasteiger partial charge in [-0.3, -0.25) is 4.48 Å². The molecule has 21 heavy (non-hydrogen) atoms. The molecule has 1 unspecified atom stereocenters. The zero-order valence-electron chi connectivity index (χ0n) is 13.1. The summed E-state index contributed by atoms with van der Waals surface area (Å²) in [6.45, 7) is 4.99. The number of ether oxygens (including phenoxy) is 1. The normalized spacial score (nSPS) is 20.6. The maximum atomic E-state index is 5.63. The van der Waals surface area contributed by atoms with E-state index in [1.54, 1.807) is 7.11 Å². The second kappa shape index (κ2) is 7.38. The summed E-state index contributed by atoms with van der Waals surface area (Å²) in [5, 5.41) is 0. The standard InChI is InChI=1S/C17H26N3O/c1-3-10-20(13-16(7-9-18)19-14-20)11-8-15-5-4-6-17(12-15)21-2/h4-6,12-14H,3,7-11,18H2,1-2H3/q+1. The van der Waals surface area contributed by atoms with Gasteiger partial charge < -0.3 is 10.5 Å². The highest BCUT2D eigenvalue weighted by Crippen LogP contribution is 2.21. The molecular weight excluding hydrogens is 262 g/mol. The highest BCUT2D eigenvalue weighted by Gasteiger charge is 2.27. The molecule has 1 aromatic rings. The SMILES string of the molecule is CCC[N+]1(CCc2cccc(OC)c2)C=NC(CCN)=C1. The number of rotatable bonds is 8. The molecule has 0 spiro atoms. The lowest BCUT2D eigenvalue weighted by Crippen LogP contribution is -2.42. The molecule has 1 aliphatic rings. The fourth-order valence-corrected chi connectivity index (χ4v) is 2.77. The summed E-state index contributed by atoms with van der Waals surface area (Å²) in [4.78, 5) is 4.55.